The van der Waals surface area contributed by atoms with E-state index in [4.69, 9.17) is 0 Å². The highest BCUT2D eigenvalue weighted by Crippen LogP contribution is 2.12. The summed E-state index contributed by atoms with van der Waals surface area (Å²) in [6, 6.07) is 10.1. The number of rotatable bonds is 5. The Labute approximate surface area is 133 Å². The first-order valence-electron chi connectivity index (χ1n) is 7.32. The zero-order valence-electron chi connectivity index (χ0n) is 12.8. The molecule has 2 rings (SSSR count). The van der Waals surface area contributed by atoms with Gasteiger partial charge in [-0.15, -0.1) is 0 Å². The molecule has 0 saturated heterocycles. The van der Waals surface area contributed by atoms with Gasteiger partial charge in [0.2, 0.25) is 0 Å². The van der Waals surface area contributed by atoms with Gasteiger partial charge in [0.05, 0.1) is 6.54 Å². The maximum atomic E-state index is 13.6. The quantitative estimate of drug-likeness (QED) is 0.587. The summed E-state index contributed by atoms with van der Waals surface area (Å²) in [6.07, 6.45) is 0. The van der Waals surface area contributed by atoms with E-state index in [0.717, 1.165) is 23.8 Å². The number of hydrogen-bond donors (Lipinski definition) is 3. The van der Waals surface area contributed by atoms with E-state index in [1.807, 2.05) is 13.0 Å². The molecule has 0 aromatic heterocycles. The highest BCUT2D eigenvalue weighted by atomic mass is 19.1. The van der Waals surface area contributed by atoms with Crippen molar-refractivity contribution >= 4 is 5.96 Å². The zero-order valence-corrected chi connectivity index (χ0v) is 12.8. The Hall–Kier alpha value is -2.63. The summed E-state index contributed by atoms with van der Waals surface area (Å²) in [6.45, 7) is 3.02. The lowest BCUT2D eigenvalue weighted by molar-refractivity contribution is 0.474. The van der Waals surface area contributed by atoms with E-state index in [1.165, 1.54) is 0 Å². The Balaban J connectivity index is 2.03. The maximum absolute atomic E-state index is 13.6. The predicted octanol–water partition coefficient (Wildman–Crippen LogP) is 2.93. The molecule has 0 saturated carbocycles. The molecule has 0 unspecified atom stereocenters. The minimum Gasteiger partial charge on any atom is -0.508 e. The van der Waals surface area contributed by atoms with E-state index < -0.39 is 11.6 Å². The Morgan fingerprint density at radius 2 is 1.96 bits per heavy atom. The van der Waals surface area contributed by atoms with E-state index >= 15 is 0 Å². The van der Waals surface area contributed by atoms with Crippen LogP contribution in [-0.4, -0.2) is 17.6 Å². The van der Waals surface area contributed by atoms with Crippen LogP contribution in [0.5, 0.6) is 5.75 Å². The smallest absolute Gasteiger partial charge is 0.191 e. The molecule has 0 bridgehead atoms. The second-order valence-corrected chi connectivity index (χ2v) is 4.95. The molecule has 0 aliphatic heterocycles. The molecule has 0 spiro atoms. The fraction of sp³-hybridized carbons (Fsp3) is 0.235. The van der Waals surface area contributed by atoms with Crippen LogP contribution < -0.4 is 10.6 Å². The summed E-state index contributed by atoms with van der Waals surface area (Å²) < 4.78 is 26.8. The predicted molar refractivity (Wildman–Crippen MR) is 86.1 cm³/mol. The minimum absolute atomic E-state index is 0.121. The number of phenolic OH excluding ortho intramolecular Hbond substituents is 1. The largest absolute Gasteiger partial charge is 0.508 e. The lowest BCUT2D eigenvalue weighted by atomic mass is 10.2. The molecule has 0 radical (unpaired) electrons. The molecular weight excluding hydrogens is 300 g/mol. The van der Waals surface area contributed by atoms with Crippen molar-refractivity contribution in [1.82, 2.24) is 10.6 Å². The van der Waals surface area contributed by atoms with Crippen molar-refractivity contribution in [3.05, 3.63) is 65.2 Å². The summed E-state index contributed by atoms with van der Waals surface area (Å²) in [5.74, 6) is -0.287. The fourth-order valence-corrected chi connectivity index (χ4v) is 2.02. The average molecular weight is 319 g/mol. The summed E-state index contributed by atoms with van der Waals surface area (Å²) in [5, 5.41) is 15.4. The van der Waals surface area contributed by atoms with Crippen molar-refractivity contribution < 1.29 is 13.9 Å². The average Bonchev–Trinajstić information content (AvgIpc) is 2.53. The Morgan fingerprint density at radius 3 is 2.70 bits per heavy atom. The first-order valence-corrected chi connectivity index (χ1v) is 7.32. The van der Waals surface area contributed by atoms with Crippen LogP contribution >= 0.6 is 0 Å². The molecule has 0 heterocycles. The topological polar surface area (TPSA) is 56.7 Å². The van der Waals surface area contributed by atoms with Gasteiger partial charge in [-0.3, -0.25) is 0 Å². The van der Waals surface area contributed by atoms with Crippen molar-refractivity contribution in [2.24, 2.45) is 4.99 Å². The third kappa shape index (κ3) is 5.25. The number of benzene rings is 2. The molecule has 2 aromatic rings. The highest BCUT2D eigenvalue weighted by molar-refractivity contribution is 5.79. The molecule has 0 fully saturated rings. The summed E-state index contributed by atoms with van der Waals surface area (Å²) in [4.78, 5) is 4.36. The van der Waals surface area contributed by atoms with Gasteiger partial charge in [0, 0.05) is 18.7 Å². The molecule has 3 N–H and O–H groups in total. The van der Waals surface area contributed by atoms with Gasteiger partial charge in [-0.05, 0) is 42.8 Å². The van der Waals surface area contributed by atoms with Crippen LogP contribution in [0.25, 0.3) is 0 Å². The van der Waals surface area contributed by atoms with E-state index in [2.05, 4.69) is 15.6 Å². The van der Waals surface area contributed by atoms with E-state index in [9.17, 15) is 13.9 Å². The lowest BCUT2D eigenvalue weighted by Crippen LogP contribution is -2.37. The maximum Gasteiger partial charge on any atom is 0.191 e. The Bertz CT molecular complexity index is 689. The van der Waals surface area contributed by atoms with E-state index in [1.54, 1.807) is 18.2 Å². The molecule has 0 aliphatic rings. The molecule has 0 aliphatic carbocycles. The second-order valence-electron chi connectivity index (χ2n) is 4.95. The molecular formula is C17H19F2N3O. The first-order chi connectivity index (χ1) is 11.1. The second kappa shape index (κ2) is 8.12. The van der Waals surface area contributed by atoms with Crippen LogP contribution in [-0.2, 0) is 13.1 Å². The zero-order chi connectivity index (χ0) is 16.7. The number of aromatic hydroxyl groups is 1. The van der Waals surface area contributed by atoms with E-state index in [-0.39, 0.29) is 17.9 Å². The number of nitrogens with zero attached hydrogens (tertiary/aromatic N) is 1. The standard InChI is InChI=1S/C17H19F2N3O/c1-2-20-17(21-10-12-4-3-5-15(23)8-12)22-11-13-9-14(18)6-7-16(13)19/h3-9,23H,2,10-11H2,1H3,(H2,20,21,22). The number of halogens is 2. The van der Waals surface area contributed by atoms with Crippen LogP contribution in [0.2, 0.25) is 0 Å². The van der Waals surface area contributed by atoms with Gasteiger partial charge >= 0.3 is 0 Å². The molecule has 122 valence electrons. The highest BCUT2D eigenvalue weighted by Gasteiger charge is 2.05. The molecule has 23 heavy (non-hydrogen) atoms. The van der Waals surface area contributed by atoms with Gasteiger partial charge in [0.1, 0.15) is 17.4 Å². The molecule has 2 aromatic carbocycles. The number of nitrogens with one attached hydrogen (secondary N) is 2. The Morgan fingerprint density at radius 1 is 1.13 bits per heavy atom. The van der Waals surface area contributed by atoms with Gasteiger partial charge in [-0.2, -0.15) is 0 Å². The first kappa shape index (κ1) is 16.7. The van der Waals surface area contributed by atoms with Gasteiger partial charge in [0.15, 0.2) is 5.96 Å². The van der Waals surface area contributed by atoms with Crippen LogP contribution in [0.3, 0.4) is 0 Å². The van der Waals surface area contributed by atoms with Crippen molar-refractivity contribution in [3.63, 3.8) is 0 Å². The summed E-state index contributed by atoms with van der Waals surface area (Å²) in [5.41, 5.74) is 1.08. The van der Waals surface area contributed by atoms with Gasteiger partial charge < -0.3 is 15.7 Å². The van der Waals surface area contributed by atoms with E-state index in [0.29, 0.717) is 19.0 Å². The third-order valence-electron chi connectivity index (χ3n) is 3.13. The van der Waals surface area contributed by atoms with Crippen molar-refractivity contribution in [2.75, 3.05) is 6.54 Å². The normalized spacial score (nSPS) is 11.3. The molecule has 6 heteroatoms. The van der Waals surface area contributed by atoms with Gasteiger partial charge in [-0.1, -0.05) is 12.1 Å². The van der Waals surface area contributed by atoms with Crippen LogP contribution in [0, 0.1) is 11.6 Å². The molecule has 0 atom stereocenters. The third-order valence-corrected chi connectivity index (χ3v) is 3.13. The number of phenols is 1. The number of guanidine groups is 1. The summed E-state index contributed by atoms with van der Waals surface area (Å²) >= 11 is 0. The monoisotopic (exact) mass is 319 g/mol. The lowest BCUT2D eigenvalue weighted by Gasteiger charge is -2.12. The van der Waals surface area contributed by atoms with Crippen molar-refractivity contribution in [2.45, 2.75) is 20.0 Å². The van der Waals surface area contributed by atoms with Crippen molar-refractivity contribution in [1.29, 1.82) is 0 Å². The Kier molecular flexibility index (Phi) is 5.91. The van der Waals surface area contributed by atoms with Crippen LogP contribution in [0.1, 0.15) is 18.1 Å². The van der Waals surface area contributed by atoms with Crippen molar-refractivity contribution in [3.8, 4) is 5.75 Å². The van der Waals surface area contributed by atoms with Crippen LogP contribution in [0.4, 0.5) is 8.78 Å². The van der Waals surface area contributed by atoms with Crippen LogP contribution in [0.15, 0.2) is 47.5 Å². The molecule has 4 nitrogen and oxygen atoms in total. The van der Waals surface area contributed by atoms with Gasteiger partial charge in [0.25, 0.3) is 0 Å². The number of aliphatic imine (C=N–C) groups is 1. The SMILES string of the molecule is CCNC(=NCc1cccc(O)c1)NCc1cc(F)ccc1F. The minimum atomic E-state index is -0.482. The summed E-state index contributed by atoms with van der Waals surface area (Å²) in [7, 11) is 0. The fourth-order valence-electron chi connectivity index (χ4n) is 2.02. The molecule has 0 amide bonds. The van der Waals surface area contributed by atoms with Gasteiger partial charge in [-0.25, -0.2) is 13.8 Å². The number of hydrogen-bond acceptors (Lipinski definition) is 2.